The van der Waals surface area contributed by atoms with Crippen molar-refractivity contribution < 1.29 is 14.6 Å². The van der Waals surface area contributed by atoms with E-state index in [9.17, 15) is 9.90 Å². The lowest BCUT2D eigenvalue weighted by Gasteiger charge is -2.31. The number of ether oxygens (including phenoxy) is 1. The van der Waals surface area contributed by atoms with E-state index < -0.39 is 11.4 Å². The van der Waals surface area contributed by atoms with Gasteiger partial charge in [0.25, 0.3) is 0 Å². The summed E-state index contributed by atoms with van der Waals surface area (Å²) in [6, 6.07) is 0.454. The number of fused-ring (bicyclic) bond motifs is 1. The molecule has 0 spiro atoms. The van der Waals surface area contributed by atoms with Gasteiger partial charge in [0.2, 0.25) is 5.13 Å². The van der Waals surface area contributed by atoms with Crippen molar-refractivity contribution in [2.24, 2.45) is 11.3 Å². The molecule has 4 rings (SSSR count). The fourth-order valence-corrected chi connectivity index (χ4v) is 4.98. The van der Waals surface area contributed by atoms with Crippen LogP contribution >= 0.6 is 11.3 Å². The summed E-state index contributed by atoms with van der Waals surface area (Å²) in [5.74, 6) is -0.522. The van der Waals surface area contributed by atoms with Crippen LogP contribution in [-0.4, -0.2) is 71.6 Å². The monoisotopic (exact) mass is 338 g/mol. The molecule has 3 atom stereocenters. The van der Waals surface area contributed by atoms with Crippen LogP contribution in [0.1, 0.15) is 19.3 Å². The molecule has 0 aromatic carbocycles. The Kier molecular flexibility index (Phi) is 3.98. The fraction of sp³-hybridized carbons (Fsp3) is 0.800. The zero-order valence-corrected chi connectivity index (χ0v) is 13.9. The molecule has 3 fully saturated rings. The van der Waals surface area contributed by atoms with Crippen LogP contribution in [0.3, 0.4) is 0 Å². The van der Waals surface area contributed by atoms with Gasteiger partial charge in [-0.3, -0.25) is 9.69 Å². The SMILES string of the molecule is O=C(O)[C@]12CCCN(C3CCOC3)C[C@H]1CN(c1nncs1)C2. The number of carboxylic acid groups (broad SMARTS) is 1. The Balaban J connectivity index is 1.58. The average Bonchev–Trinajstić information content (AvgIpc) is 3.26. The number of carbonyl (C=O) groups is 1. The largest absolute Gasteiger partial charge is 0.481 e. The lowest BCUT2D eigenvalue weighted by molar-refractivity contribution is -0.150. The van der Waals surface area contributed by atoms with Crippen molar-refractivity contribution in [3.8, 4) is 0 Å². The summed E-state index contributed by atoms with van der Waals surface area (Å²) in [7, 11) is 0. The molecule has 126 valence electrons. The second-order valence-corrected chi connectivity index (χ2v) is 7.69. The van der Waals surface area contributed by atoms with E-state index in [1.807, 2.05) is 0 Å². The van der Waals surface area contributed by atoms with E-state index in [1.54, 1.807) is 5.51 Å². The first-order valence-electron chi connectivity index (χ1n) is 8.25. The summed E-state index contributed by atoms with van der Waals surface area (Å²) >= 11 is 1.48. The molecule has 0 bridgehead atoms. The fourth-order valence-electron chi connectivity index (χ4n) is 4.40. The van der Waals surface area contributed by atoms with Crippen molar-refractivity contribution in [3.63, 3.8) is 0 Å². The molecule has 4 heterocycles. The smallest absolute Gasteiger partial charge is 0.311 e. The number of rotatable bonds is 3. The molecule has 1 aromatic heterocycles. The van der Waals surface area contributed by atoms with Gasteiger partial charge < -0.3 is 14.7 Å². The normalized spacial score (nSPS) is 35.2. The van der Waals surface area contributed by atoms with Gasteiger partial charge in [0.15, 0.2) is 0 Å². The summed E-state index contributed by atoms with van der Waals surface area (Å²) in [5.41, 5.74) is 1.05. The van der Waals surface area contributed by atoms with Gasteiger partial charge in [-0.05, 0) is 25.8 Å². The molecule has 23 heavy (non-hydrogen) atoms. The van der Waals surface area contributed by atoms with Crippen LogP contribution in [-0.2, 0) is 9.53 Å². The standard InChI is InChI=1S/C15H22N4O3S/c20-13(21)15-3-1-4-18(12-2-5-22-8-12)6-11(15)7-19(9-15)14-17-16-10-23-14/h10-12H,1-9H2,(H,20,21)/t11-,12?,15-/m0/s1. The van der Waals surface area contributed by atoms with E-state index in [0.29, 0.717) is 12.6 Å². The Morgan fingerprint density at radius 3 is 3.09 bits per heavy atom. The van der Waals surface area contributed by atoms with Gasteiger partial charge in [-0.25, -0.2) is 0 Å². The second-order valence-electron chi connectivity index (χ2n) is 6.88. The Morgan fingerprint density at radius 2 is 2.39 bits per heavy atom. The van der Waals surface area contributed by atoms with E-state index in [1.165, 1.54) is 11.3 Å². The molecular formula is C15H22N4O3S. The van der Waals surface area contributed by atoms with Crippen LogP contribution in [0.4, 0.5) is 5.13 Å². The maximum Gasteiger partial charge on any atom is 0.311 e. The van der Waals surface area contributed by atoms with E-state index >= 15 is 0 Å². The second kappa shape index (κ2) is 5.99. The van der Waals surface area contributed by atoms with Crippen molar-refractivity contribution in [2.75, 3.05) is 44.3 Å². The molecule has 3 aliphatic heterocycles. The van der Waals surface area contributed by atoms with Crippen LogP contribution in [0.2, 0.25) is 0 Å². The summed E-state index contributed by atoms with van der Waals surface area (Å²) in [6.45, 7) is 4.75. The average molecular weight is 338 g/mol. The Labute approximate surface area is 139 Å². The quantitative estimate of drug-likeness (QED) is 0.878. The maximum atomic E-state index is 12.2. The van der Waals surface area contributed by atoms with Crippen LogP contribution in [0.5, 0.6) is 0 Å². The highest BCUT2D eigenvalue weighted by molar-refractivity contribution is 7.13. The molecule has 0 radical (unpaired) electrons. The Morgan fingerprint density at radius 1 is 1.48 bits per heavy atom. The van der Waals surface area contributed by atoms with Gasteiger partial charge in [0.1, 0.15) is 5.51 Å². The molecule has 1 unspecified atom stereocenters. The number of carboxylic acids is 1. The molecule has 0 amide bonds. The third-order valence-electron chi connectivity index (χ3n) is 5.69. The molecule has 3 aliphatic rings. The first-order chi connectivity index (χ1) is 11.2. The number of aliphatic carboxylic acids is 1. The molecular weight excluding hydrogens is 316 g/mol. The van der Waals surface area contributed by atoms with Gasteiger partial charge >= 0.3 is 5.97 Å². The maximum absolute atomic E-state index is 12.2. The lowest BCUT2D eigenvalue weighted by Crippen LogP contribution is -2.44. The van der Waals surface area contributed by atoms with Crippen molar-refractivity contribution in [1.29, 1.82) is 0 Å². The minimum atomic E-state index is -0.654. The Bertz CT molecular complexity index is 563. The number of nitrogens with zero attached hydrogens (tertiary/aromatic N) is 4. The molecule has 0 saturated carbocycles. The third-order valence-corrected chi connectivity index (χ3v) is 6.44. The van der Waals surface area contributed by atoms with Gasteiger partial charge in [-0.2, -0.15) is 0 Å². The third kappa shape index (κ3) is 2.62. The van der Waals surface area contributed by atoms with Crippen LogP contribution in [0, 0.1) is 11.3 Å². The van der Waals surface area contributed by atoms with Crippen molar-refractivity contribution in [3.05, 3.63) is 5.51 Å². The van der Waals surface area contributed by atoms with E-state index in [4.69, 9.17) is 4.74 Å². The molecule has 1 N–H and O–H groups in total. The molecule has 0 aliphatic carbocycles. The zero-order valence-electron chi connectivity index (χ0n) is 13.1. The topological polar surface area (TPSA) is 78.8 Å². The number of aromatic nitrogens is 2. The minimum absolute atomic E-state index is 0.131. The van der Waals surface area contributed by atoms with Crippen molar-refractivity contribution in [1.82, 2.24) is 15.1 Å². The number of hydrogen-bond donors (Lipinski definition) is 1. The summed E-state index contributed by atoms with van der Waals surface area (Å²) in [5, 5.41) is 18.9. The summed E-state index contributed by atoms with van der Waals surface area (Å²) in [6.07, 6.45) is 2.74. The minimum Gasteiger partial charge on any atom is -0.481 e. The molecule has 7 nitrogen and oxygen atoms in total. The highest BCUT2D eigenvalue weighted by Gasteiger charge is 2.54. The van der Waals surface area contributed by atoms with E-state index in [0.717, 1.165) is 57.2 Å². The van der Waals surface area contributed by atoms with Gasteiger partial charge in [-0.1, -0.05) is 11.3 Å². The number of hydrogen-bond acceptors (Lipinski definition) is 7. The predicted octanol–water partition coefficient (Wildman–Crippen LogP) is 0.930. The summed E-state index contributed by atoms with van der Waals surface area (Å²) in [4.78, 5) is 16.7. The summed E-state index contributed by atoms with van der Waals surface area (Å²) < 4.78 is 5.53. The number of likely N-dealkylation sites (tertiary alicyclic amines) is 1. The van der Waals surface area contributed by atoms with Crippen molar-refractivity contribution in [2.45, 2.75) is 25.3 Å². The highest BCUT2D eigenvalue weighted by atomic mass is 32.1. The first-order valence-corrected chi connectivity index (χ1v) is 9.13. The van der Waals surface area contributed by atoms with Crippen LogP contribution in [0.25, 0.3) is 0 Å². The van der Waals surface area contributed by atoms with Gasteiger partial charge in [0.05, 0.1) is 12.0 Å². The molecule has 3 saturated heterocycles. The van der Waals surface area contributed by atoms with E-state index in [2.05, 4.69) is 20.0 Å². The Hall–Kier alpha value is -1.25. The van der Waals surface area contributed by atoms with Gasteiger partial charge in [-0.15, -0.1) is 10.2 Å². The zero-order chi connectivity index (χ0) is 15.9. The van der Waals surface area contributed by atoms with Crippen molar-refractivity contribution >= 4 is 22.4 Å². The predicted molar refractivity (Wildman–Crippen MR) is 85.7 cm³/mol. The van der Waals surface area contributed by atoms with Crippen LogP contribution in [0.15, 0.2) is 5.51 Å². The molecule has 1 aromatic rings. The van der Waals surface area contributed by atoms with E-state index in [-0.39, 0.29) is 5.92 Å². The van der Waals surface area contributed by atoms with Crippen LogP contribution < -0.4 is 4.90 Å². The highest BCUT2D eigenvalue weighted by Crippen LogP contribution is 2.45. The number of anilines is 1. The lowest BCUT2D eigenvalue weighted by atomic mass is 9.75. The molecule has 8 heteroatoms. The first kappa shape index (κ1) is 15.3. The van der Waals surface area contributed by atoms with Gasteiger partial charge in [0, 0.05) is 38.2 Å².